The first-order valence-electron chi connectivity index (χ1n) is 6.02. The van der Waals surface area contributed by atoms with Crippen LogP contribution in [0.1, 0.15) is 45.4 Å². The topological polar surface area (TPSA) is 63.6 Å². The summed E-state index contributed by atoms with van der Waals surface area (Å²) >= 11 is 0. The number of hydrogen-bond acceptors (Lipinski definition) is 3. The summed E-state index contributed by atoms with van der Waals surface area (Å²) in [6, 6.07) is 0. The van der Waals surface area contributed by atoms with Crippen molar-refractivity contribution in [2.45, 2.75) is 45.4 Å². The SMILES string of the molecule is CCOC(=O)CCC1CCCC(C(=O)O)C1. The molecule has 1 fully saturated rings. The molecule has 1 aliphatic carbocycles. The molecule has 0 aliphatic heterocycles. The molecule has 0 saturated heterocycles. The van der Waals surface area contributed by atoms with Crippen molar-refractivity contribution in [3.8, 4) is 0 Å². The lowest BCUT2D eigenvalue weighted by atomic mass is 9.79. The summed E-state index contributed by atoms with van der Waals surface area (Å²) in [4.78, 5) is 22.0. The lowest BCUT2D eigenvalue weighted by Gasteiger charge is -2.26. The summed E-state index contributed by atoms with van der Waals surface area (Å²) in [6.07, 6.45) is 4.70. The van der Waals surface area contributed by atoms with E-state index in [9.17, 15) is 9.59 Å². The largest absolute Gasteiger partial charge is 0.481 e. The van der Waals surface area contributed by atoms with Gasteiger partial charge in [-0.1, -0.05) is 12.8 Å². The Hall–Kier alpha value is -1.06. The standard InChI is InChI=1S/C12H20O4/c1-2-16-11(13)7-6-9-4-3-5-10(8-9)12(14)15/h9-10H,2-8H2,1H3,(H,14,15). The van der Waals surface area contributed by atoms with Gasteiger partial charge in [-0.3, -0.25) is 9.59 Å². The minimum absolute atomic E-state index is 0.167. The van der Waals surface area contributed by atoms with Crippen molar-refractivity contribution in [1.82, 2.24) is 0 Å². The van der Waals surface area contributed by atoms with Gasteiger partial charge in [0.1, 0.15) is 0 Å². The predicted octanol–water partition coefficient (Wildman–Crippen LogP) is 2.22. The summed E-state index contributed by atoms with van der Waals surface area (Å²) in [7, 11) is 0. The molecule has 0 radical (unpaired) electrons. The Kier molecular flexibility index (Phi) is 5.29. The predicted molar refractivity (Wildman–Crippen MR) is 59.0 cm³/mol. The Morgan fingerprint density at radius 3 is 2.75 bits per heavy atom. The monoisotopic (exact) mass is 228 g/mol. The molecule has 0 spiro atoms. The Morgan fingerprint density at radius 2 is 2.12 bits per heavy atom. The second kappa shape index (κ2) is 6.51. The normalized spacial score (nSPS) is 25.1. The van der Waals surface area contributed by atoms with E-state index < -0.39 is 5.97 Å². The maximum atomic E-state index is 11.2. The molecule has 0 amide bonds. The average molecular weight is 228 g/mol. The van der Waals surface area contributed by atoms with Crippen LogP contribution >= 0.6 is 0 Å². The van der Waals surface area contributed by atoms with Gasteiger partial charge in [0.15, 0.2) is 0 Å². The number of esters is 1. The molecule has 1 rings (SSSR count). The van der Waals surface area contributed by atoms with Crippen molar-refractivity contribution >= 4 is 11.9 Å². The zero-order valence-corrected chi connectivity index (χ0v) is 9.78. The minimum atomic E-state index is -0.694. The van der Waals surface area contributed by atoms with Crippen LogP contribution in [0.25, 0.3) is 0 Å². The van der Waals surface area contributed by atoms with Crippen LogP contribution in [0.5, 0.6) is 0 Å². The van der Waals surface area contributed by atoms with Crippen LogP contribution in [-0.4, -0.2) is 23.7 Å². The molecular weight excluding hydrogens is 208 g/mol. The van der Waals surface area contributed by atoms with E-state index in [1.165, 1.54) is 0 Å². The summed E-state index contributed by atoms with van der Waals surface area (Å²) in [5.41, 5.74) is 0. The fourth-order valence-electron chi connectivity index (χ4n) is 2.33. The highest BCUT2D eigenvalue weighted by atomic mass is 16.5. The van der Waals surface area contributed by atoms with Gasteiger partial charge in [0.25, 0.3) is 0 Å². The molecule has 92 valence electrons. The first kappa shape index (κ1) is 13.0. The number of aliphatic carboxylic acids is 1. The Bertz CT molecular complexity index is 249. The van der Waals surface area contributed by atoms with Crippen molar-refractivity contribution < 1.29 is 19.4 Å². The molecule has 0 aromatic heterocycles. The van der Waals surface area contributed by atoms with E-state index in [1.807, 2.05) is 0 Å². The number of carboxylic acid groups (broad SMARTS) is 1. The van der Waals surface area contributed by atoms with E-state index in [4.69, 9.17) is 9.84 Å². The number of ether oxygens (including phenoxy) is 1. The van der Waals surface area contributed by atoms with Crippen molar-refractivity contribution in [2.24, 2.45) is 11.8 Å². The Balaban J connectivity index is 2.26. The highest BCUT2D eigenvalue weighted by Crippen LogP contribution is 2.32. The van der Waals surface area contributed by atoms with Gasteiger partial charge in [0.05, 0.1) is 12.5 Å². The van der Waals surface area contributed by atoms with Gasteiger partial charge in [0, 0.05) is 6.42 Å². The third-order valence-electron chi connectivity index (χ3n) is 3.19. The van der Waals surface area contributed by atoms with Gasteiger partial charge in [0.2, 0.25) is 0 Å². The van der Waals surface area contributed by atoms with E-state index >= 15 is 0 Å². The first-order valence-corrected chi connectivity index (χ1v) is 6.02. The number of carbonyl (C=O) groups excluding carboxylic acids is 1. The van der Waals surface area contributed by atoms with Crippen LogP contribution in [0.2, 0.25) is 0 Å². The fraction of sp³-hybridized carbons (Fsp3) is 0.833. The molecule has 0 heterocycles. The molecule has 16 heavy (non-hydrogen) atoms. The zero-order chi connectivity index (χ0) is 12.0. The second-order valence-electron chi connectivity index (χ2n) is 4.41. The van der Waals surface area contributed by atoms with Gasteiger partial charge in [-0.15, -0.1) is 0 Å². The first-order chi connectivity index (χ1) is 7.63. The van der Waals surface area contributed by atoms with E-state index in [1.54, 1.807) is 6.92 Å². The number of rotatable bonds is 5. The molecule has 4 heteroatoms. The second-order valence-corrected chi connectivity index (χ2v) is 4.41. The van der Waals surface area contributed by atoms with Gasteiger partial charge in [-0.2, -0.15) is 0 Å². The summed E-state index contributed by atoms with van der Waals surface area (Å²) in [5, 5.41) is 8.93. The lowest BCUT2D eigenvalue weighted by molar-refractivity contribution is -0.143. The molecule has 1 N–H and O–H groups in total. The lowest BCUT2D eigenvalue weighted by Crippen LogP contribution is -2.23. The smallest absolute Gasteiger partial charge is 0.306 e. The quantitative estimate of drug-likeness (QED) is 0.733. The van der Waals surface area contributed by atoms with Crippen LogP contribution in [0, 0.1) is 11.8 Å². The third-order valence-corrected chi connectivity index (χ3v) is 3.19. The van der Waals surface area contributed by atoms with Crippen LogP contribution in [0.15, 0.2) is 0 Å². The molecule has 2 atom stereocenters. The molecule has 2 unspecified atom stereocenters. The molecular formula is C12H20O4. The molecule has 0 aromatic rings. The Labute approximate surface area is 96.0 Å². The average Bonchev–Trinajstić information content (AvgIpc) is 2.27. The minimum Gasteiger partial charge on any atom is -0.481 e. The molecule has 0 bridgehead atoms. The van der Waals surface area contributed by atoms with E-state index in [2.05, 4.69) is 0 Å². The Morgan fingerprint density at radius 1 is 1.38 bits per heavy atom. The summed E-state index contributed by atoms with van der Waals surface area (Å²) in [5.74, 6) is -0.694. The molecule has 1 aliphatic rings. The van der Waals surface area contributed by atoms with E-state index in [0.717, 1.165) is 32.1 Å². The van der Waals surface area contributed by atoms with Gasteiger partial charge < -0.3 is 9.84 Å². The highest BCUT2D eigenvalue weighted by molar-refractivity contribution is 5.70. The fourth-order valence-corrected chi connectivity index (χ4v) is 2.33. The third kappa shape index (κ3) is 4.21. The number of carboxylic acids is 1. The van der Waals surface area contributed by atoms with Gasteiger partial charge >= 0.3 is 11.9 Å². The molecule has 0 aromatic carbocycles. The maximum absolute atomic E-state index is 11.2. The summed E-state index contributed by atoms with van der Waals surface area (Å²) < 4.78 is 4.85. The number of carbonyl (C=O) groups is 2. The maximum Gasteiger partial charge on any atom is 0.306 e. The van der Waals surface area contributed by atoms with Crippen molar-refractivity contribution in [1.29, 1.82) is 0 Å². The van der Waals surface area contributed by atoms with E-state index in [-0.39, 0.29) is 11.9 Å². The van der Waals surface area contributed by atoms with Crippen LogP contribution in [0.3, 0.4) is 0 Å². The highest BCUT2D eigenvalue weighted by Gasteiger charge is 2.27. The van der Waals surface area contributed by atoms with Crippen molar-refractivity contribution in [3.63, 3.8) is 0 Å². The van der Waals surface area contributed by atoms with Gasteiger partial charge in [-0.05, 0) is 32.1 Å². The zero-order valence-electron chi connectivity index (χ0n) is 9.78. The van der Waals surface area contributed by atoms with Crippen molar-refractivity contribution in [2.75, 3.05) is 6.61 Å². The summed E-state index contributed by atoms with van der Waals surface area (Å²) in [6.45, 7) is 2.21. The number of hydrogen-bond donors (Lipinski definition) is 1. The van der Waals surface area contributed by atoms with E-state index in [0.29, 0.717) is 18.9 Å². The molecule has 1 saturated carbocycles. The van der Waals surface area contributed by atoms with Crippen LogP contribution < -0.4 is 0 Å². The van der Waals surface area contributed by atoms with Gasteiger partial charge in [-0.25, -0.2) is 0 Å². The van der Waals surface area contributed by atoms with Crippen molar-refractivity contribution in [3.05, 3.63) is 0 Å². The van der Waals surface area contributed by atoms with Crippen LogP contribution in [-0.2, 0) is 14.3 Å². The van der Waals surface area contributed by atoms with Crippen LogP contribution in [0.4, 0.5) is 0 Å². The molecule has 4 nitrogen and oxygen atoms in total.